The number of ether oxygens (including phenoxy) is 1. The van der Waals surface area contributed by atoms with Gasteiger partial charge in [-0.1, -0.05) is 35.5 Å². The van der Waals surface area contributed by atoms with Gasteiger partial charge in [0.2, 0.25) is 0 Å². The van der Waals surface area contributed by atoms with Crippen molar-refractivity contribution in [1.82, 2.24) is 15.3 Å². The van der Waals surface area contributed by atoms with E-state index in [1.807, 2.05) is 30.5 Å². The lowest BCUT2D eigenvalue weighted by atomic mass is 9.71. The third-order valence-corrected chi connectivity index (χ3v) is 8.36. The number of nitrogens with zero attached hydrogens (tertiary/aromatic N) is 2. The van der Waals surface area contributed by atoms with Gasteiger partial charge >= 0.3 is 0 Å². The molecule has 182 valence electrons. The monoisotopic (exact) mass is 576 g/mol. The van der Waals surface area contributed by atoms with E-state index in [-0.39, 0.29) is 17.8 Å². The third-order valence-electron chi connectivity index (χ3n) is 6.67. The van der Waals surface area contributed by atoms with Gasteiger partial charge in [-0.25, -0.2) is 14.4 Å². The number of aromatic nitrogens is 2. The first-order chi connectivity index (χ1) is 16.8. The van der Waals surface area contributed by atoms with Crippen molar-refractivity contribution in [2.75, 3.05) is 18.7 Å². The summed E-state index contributed by atoms with van der Waals surface area (Å²) in [5.41, 5.74) is 3.40. The summed E-state index contributed by atoms with van der Waals surface area (Å²) >= 11 is 11.6. The number of fused-ring (bicyclic) bond motifs is 3. The van der Waals surface area contributed by atoms with Gasteiger partial charge in [-0.3, -0.25) is 4.79 Å². The number of halogens is 3. The Hall–Kier alpha value is -2.20. The fraction of sp³-hybridized carbons (Fsp3) is 0.320. The summed E-state index contributed by atoms with van der Waals surface area (Å²) in [6.45, 7) is 0.923. The highest BCUT2D eigenvalue weighted by molar-refractivity contribution is 9.10. The van der Waals surface area contributed by atoms with E-state index in [0.29, 0.717) is 52.0 Å². The Balaban J connectivity index is 1.54. The molecule has 1 aliphatic heterocycles. The van der Waals surface area contributed by atoms with Gasteiger partial charge in [-0.15, -0.1) is 0 Å². The van der Waals surface area contributed by atoms with Crippen molar-refractivity contribution in [3.05, 3.63) is 73.7 Å². The van der Waals surface area contributed by atoms with E-state index >= 15 is 4.39 Å². The summed E-state index contributed by atoms with van der Waals surface area (Å²) in [5.74, 6) is 0.0543. The normalized spacial score (nSPS) is 18.8. The molecule has 6 nitrogen and oxygen atoms in total. The van der Waals surface area contributed by atoms with Gasteiger partial charge < -0.3 is 15.4 Å². The molecule has 0 radical (unpaired) electrons. The molecule has 0 saturated heterocycles. The van der Waals surface area contributed by atoms with Crippen molar-refractivity contribution >= 4 is 50.8 Å². The minimum Gasteiger partial charge on any atom is -0.497 e. The molecule has 0 amide bonds. The Morgan fingerprint density at radius 3 is 2.80 bits per heavy atom. The number of thioether (sulfide) groups is 1. The van der Waals surface area contributed by atoms with Crippen molar-refractivity contribution in [3.8, 4) is 5.75 Å². The van der Waals surface area contributed by atoms with E-state index in [1.54, 1.807) is 7.11 Å². The fourth-order valence-electron chi connectivity index (χ4n) is 4.84. The number of benzene rings is 2. The molecule has 0 saturated carbocycles. The summed E-state index contributed by atoms with van der Waals surface area (Å²) < 4.78 is 21.3. The van der Waals surface area contributed by atoms with Gasteiger partial charge in [0.1, 0.15) is 16.7 Å². The molecule has 2 heterocycles. The van der Waals surface area contributed by atoms with E-state index in [1.165, 1.54) is 17.8 Å². The van der Waals surface area contributed by atoms with Crippen LogP contribution in [0.25, 0.3) is 0 Å². The van der Waals surface area contributed by atoms with E-state index in [0.717, 1.165) is 22.6 Å². The van der Waals surface area contributed by atoms with Crippen LogP contribution >= 0.6 is 39.3 Å². The molecule has 2 aliphatic rings. The Bertz CT molecular complexity index is 1320. The lowest BCUT2D eigenvalue weighted by molar-refractivity contribution is 0.0930. The van der Waals surface area contributed by atoms with Crippen molar-refractivity contribution < 1.29 is 13.9 Å². The molecule has 1 atom stereocenters. The van der Waals surface area contributed by atoms with E-state index < -0.39 is 11.4 Å². The van der Waals surface area contributed by atoms with Crippen LogP contribution in [-0.2, 0) is 25.0 Å². The maximum Gasteiger partial charge on any atom is 0.188 e. The van der Waals surface area contributed by atoms with Crippen LogP contribution in [0.15, 0.2) is 40.0 Å². The molecule has 2 aromatic carbocycles. The molecule has 1 spiro atoms. The smallest absolute Gasteiger partial charge is 0.188 e. The maximum absolute atomic E-state index is 15.4. The molecule has 0 bridgehead atoms. The summed E-state index contributed by atoms with van der Waals surface area (Å²) in [6, 6.07) is 9.06. The second kappa shape index (κ2) is 9.69. The standard InChI is InChI=1S/C25H23BrClFN4O2S/c1-34-14-5-3-13(4-6-14)11-29-17-9-16(28)20-19(33)7-8-25(21(20)22(17)26)10-18-15(12-30-25)23(27)32-24(31-18)35-2/h3-6,9,29-30H,7-8,10-12H2,1-2H3. The number of methoxy groups -OCH3 is 1. The number of nitrogens with one attached hydrogen (secondary N) is 2. The SMILES string of the molecule is COc1ccc(CNc2cc(F)c3c(c2Br)C2(CCC3=O)Cc3nc(SC)nc(Cl)c3CN2)cc1. The molecule has 1 unspecified atom stereocenters. The second-order valence-electron chi connectivity index (χ2n) is 8.63. The lowest BCUT2D eigenvalue weighted by Gasteiger charge is -2.43. The average molecular weight is 578 g/mol. The van der Waals surface area contributed by atoms with Gasteiger partial charge in [0.15, 0.2) is 10.9 Å². The molecular formula is C25H23BrClFN4O2S. The molecular weight excluding hydrogens is 555 g/mol. The van der Waals surface area contributed by atoms with Crippen molar-refractivity contribution in [2.45, 2.75) is 43.0 Å². The molecule has 3 aromatic rings. The molecule has 1 aromatic heterocycles. The number of carbonyl (C=O) groups excluding carboxylic acids is 1. The summed E-state index contributed by atoms with van der Waals surface area (Å²) in [6.07, 6.45) is 3.18. The predicted molar refractivity (Wildman–Crippen MR) is 139 cm³/mol. The number of rotatable bonds is 5. The fourth-order valence-corrected chi connectivity index (χ4v) is 6.37. The second-order valence-corrected chi connectivity index (χ2v) is 10.6. The quantitative estimate of drug-likeness (QED) is 0.222. The highest BCUT2D eigenvalue weighted by Crippen LogP contribution is 2.47. The summed E-state index contributed by atoms with van der Waals surface area (Å²) in [4.78, 5) is 21.9. The summed E-state index contributed by atoms with van der Waals surface area (Å²) in [7, 11) is 1.62. The molecule has 2 N–H and O–H groups in total. The van der Waals surface area contributed by atoms with Gasteiger partial charge in [-0.05, 0) is 52.4 Å². The third kappa shape index (κ3) is 4.43. The van der Waals surface area contributed by atoms with Crippen LogP contribution in [0.1, 0.15) is 45.6 Å². The van der Waals surface area contributed by atoms with E-state index in [9.17, 15) is 4.79 Å². The highest BCUT2D eigenvalue weighted by Gasteiger charge is 2.46. The van der Waals surface area contributed by atoms with Gasteiger partial charge in [-0.2, -0.15) is 0 Å². The van der Waals surface area contributed by atoms with Crippen LogP contribution in [0.2, 0.25) is 5.15 Å². The molecule has 0 fully saturated rings. The van der Waals surface area contributed by atoms with Crippen molar-refractivity contribution in [3.63, 3.8) is 0 Å². The zero-order valence-corrected chi connectivity index (χ0v) is 22.3. The Kier molecular flexibility index (Phi) is 6.78. The number of hydrogen-bond donors (Lipinski definition) is 2. The number of anilines is 1. The topological polar surface area (TPSA) is 76.1 Å². The zero-order chi connectivity index (χ0) is 24.7. The van der Waals surface area contributed by atoms with E-state index in [4.69, 9.17) is 21.3 Å². The van der Waals surface area contributed by atoms with E-state index in [2.05, 4.69) is 31.5 Å². The highest BCUT2D eigenvalue weighted by atomic mass is 79.9. The number of carbonyl (C=O) groups is 1. The number of ketones is 1. The van der Waals surface area contributed by atoms with Crippen LogP contribution in [0.5, 0.6) is 5.75 Å². The van der Waals surface area contributed by atoms with Crippen LogP contribution in [0, 0.1) is 5.82 Å². The van der Waals surface area contributed by atoms with Crippen LogP contribution in [-0.4, -0.2) is 29.1 Å². The Morgan fingerprint density at radius 1 is 1.31 bits per heavy atom. The van der Waals surface area contributed by atoms with Crippen LogP contribution in [0.3, 0.4) is 0 Å². The van der Waals surface area contributed by atoms with Gasteiger partial charge in [0.25, 0.3) is 0 Å². The first-order valence-electron chi connectivity index (χ1n) is 11.1. The Labute approximate surface area is 220 Å². The predicted octanol–water partition coefficient (Wildman–Crippen LogP) is 5.89. The molecule has 5 rings (SSSR count). The zero-order valence-electron chi connectivity index (χ0n) is 19.2. The number of Topliss-reactive ketones (excluding diaryl/α,β-unsaturated/α-hetero) is 1. The summed E-state index contributed by atoms with van der Waals surface area (Å²) in [5, 5.41) is 7.91. The van der Waals surface area contributed by atoms with Crippen molar-refractivity contribution in [2.24, 2.45) is 0 Å². The van der Waals surface area contributed by atoms with Crippen LogP contribution < -0.4 is 15.4 Å². The maximum atomic E-state index is 15.4. The lowest BCUT2D eigenvalue weighted by Crippen LogP contribution is -2.51. The minimum absolute atomic E-state index is 0.138. The molecule has 1 aliphatic carbocycles. The van der Waals surface area contributed by atoms with Gasteiger partial charge in [0, 0.05) is 41.5 Å². The minimum atomic E-state index is -0.652. The average Bonchev–Trinajstić information content (AvgIpc) is 2.86. The Morgan fingerprint density at radius 2 is 2.09 bits per heavy atom. The van der Waals surface area contributed by atoms with Crippen molar-refractivity contribution in [1.29, 1.82) is 0 Å². The first-order valence-corrected chi connectivity index (χ1v) is 13.5. The van der Waals surface area contributed by atoms with Gasteiger partial charge in [0.05, 0.1) is 29.6 Å². The largest absolute Gasteiger partial charge is 0.497 e. The van der Waals surface area contributed by atoms with Crippen LogP contribution in [0.4, 0.5) is 10.1 Å². The number of hydrogen-bond acceptors (Lipinski definition) is 7. The molecule has 35 heavy (non-hydrogen) atoms. The molecule has 10 heteroatoms. The first kappa shape index (κ1) is 24.5.